The van der Waals surface area contributed by atoms with Gasteiger partial charge in [-0.15, -0.1) is 0 Å². The highest BCUT2D eigenvalue weighted by Gasteiger charge is 1.99. The van der Waals surface area contributed by atoms with Gasteiger partial charge in [-0.05, 0) is 36.4 Å². The van der Waals surface area contributed by atoms with Crippen molar-refractivity contribution in [2.75, 3.05) is 7.05 Å². The van der Waals surface area contributed by atoms with E-state index in [0.717, 1.165) is 0 Å². The molecule has 0 bridgehead atoms. The van der Waals surface area contributed by atoms with E-state index >= 15 is 0 Å². The molecular weight excluding hydrogens is 130 g/mol. The largest absolute Gasteiger partial charge is 0.313 e. The second-order valence-corrected chi connectivity index (χ2v) is 2.85. The maximum Gasteiger partial charge on any atom is 0.0297 e. The average molecular weight is 141 g/mol. The van der Waals surface area contributed by atoms with Gasteiger partial charge in [-0.1, -0.05) is 0 Å². The molecule has 1 rings (SSSR count). The first-order valence-corrected chi connectivity index (χ1v) is 3.98. The Bertz CT molecular complexity index is 157. The van der Waals surface area contributed by atoms with Crippen LogP contribution in [-0.4, -0.2) is 7.05 Å². The van der Waals surface area contributed by atoms with Gasteiger partial charge in [0.05, 0.1) is 0 Å². The normalized spacial score (nSPS) is 13.6. The maximum absolute atomic E-state index is 3.17. The van der Waals surface area contributed by atoms with Gasteiger partial charge in [0, 0.05) is 6.04 Å². The number of rotatable bonds is 2. The summed E-state index contributed by atoms with van der Waals surface area (Å²) in [7, 11) is 1.97. The summed E-state index contributed by atoms with van der Waals surface area (Å²) in [6.07, 6.45) is 0. The van der Waals surface area contributed by atoms with Crippen LogP contribution in [0, 0.1) is 0 Å². The highest BCUT2D eigenvalue weighted by atomic mass is 32.1. The summed E-state index contributed by atoms with van der Waals surface area (Å²) < 4.78 is 0. The summed E-state index contributed by atoms with van der Waals surface area (Å²) in [5, 5.41) is 7.44. The van der Waals surface area contributed by atoms with Crippen molar-refractivity contribution >= 4 is 11.3 Å². The molecule has 0 aliphatic heterocycles. The van der Waals surface area contributed by atoms with Crippen molar-refractivity contribution in [2.24, 2.45) is 0 Å². The monoisotopic (exact) mass is 141 g/mol. The topological polar surface area (TPSA) is 12.0 Å². The predicted molar refractivity (Wildman–Crippen MR) is 41.8 cm³/mol. The first-order valence-electron chi connectivity index (χ1n) is 3.04. The zero-order valence-corrected chi connectivity index (χ0v) is 6.53. The van der Waals surface area contributed by atoms with E-state index in [1.54, 1.807) is 11.3 Å². The summed E-state index contributed by atoms with van der Waals surface area (Å²) in [4.78, 5) is 0. The van der Waals surface area contributed by atoms with E-state index in [0.29, 0.717) is 6.04 Å². The van der Waals surface area contributed by atoms with Crippen molar-refractivity contribution < 1.29 is 0 Å². The lowest BCUT2D eigenvalue weighted by Gasteiger charge is -2.05. The Balaban J connectivity index is 2.65. The van der Waals surface area contributed by atoms with Gasteiger partial charge < -0.3 is 5.32 Å². The van der Waals surface area contributed by atoms with Crippen LogP contribution in [0.25, 0.3) is 0 Å². The van der Waals surface area contributed by atoms with Crippen LogP contribution in [0.5, 0.6) is 0 Å². The van der Waals surface area contributed by atoms with E-state index in [-0.39, 0.29) is 0 Å². The van der Waals surface area contributed by atoms with E-state index in [4.69, 9.17) is 0 Å². The van der Waals surface area contributed by atoms with Crippen molar-refractivity contribution in [3.63, 3.8) is 0 Å². The zero-order chi connectivity index (χ0) is 6.69. The summed E-state index contributed by atoms with van der Waals surface area (Å²) >= 11 is 1.74. The van der Waals surface area contributed by atoms with Crippen molar-refractivity contribution in [3.8, 4) is 0 Å². The van der Waals surface area contributed by atoms with Crippen LogP contribution in [0.1, 0.15) is 18.5 Å². The molecule has 0 fully saturated rings. The van der Waals surface area contributed by atoms with Crippen LogP contribution < -0.4 is 5.32 Å². The molecule has 1 heterocycles. The number of hydrogen-bond donors (Lipinski definition) is 1. The molecule has 0 amide bonds. The van der Waals surface area contributed by atoms with E-state index < -0.39 is 0 Å². The first-order chi connectivity index (χ1) is 4.34. The van der Waals surface area contributed by atoms with Gasteiger partial charge in [-0.2, -0.15) is 11.3 Å². The molecule has 0 spiro atoms. The summed E-state index contributed by atoms with van der Waals surface area (Å²) in [6.45, 7) is 2.15. The Kier molecular flexibility index (Phi) is 2.25. The van der Waals surface area contributed by atoms with Crippen LogP contribution in [0.4, 0.5) is 0 Å². The third kappa shape index (κ3) is 1.53. The molecule has 0 unspecified atom stereocenters. The second kappa shape index (κ2) is 2.99. The highest BCUT2D eigenvalue weighted by molar-refractivity contribution is 7.07. The number of nitrogens with one attached hydrogen (secondary N) is 1. The minimum absolute atomic E-state index is 0.497. The molecule has 2 heteroatoms. The lowest BCUT2D eigenvalue weighted by Crippen LogP contribution is -2.10. The fraction of sp³-hybridized carbons (Fsp3) is 0.429. The highest BCUT2D eigenvalue weighted by Crippen LogP contribution is 2.14. The second-order valence-electron chi connectivity index (χ2n) is 2.07. The smallest absolute Gasteiger partial charge is 0.0297 e. The fourth-order valence-electron chi connectivity index (χ4n) is 0.688. The van der Waals surface area contributed by atoms with E-state index in [9.17, 15) is 0 Å². The van der Waals surface area contributed by atoms with Crippen LogP contribution >= 0.6 is 11.3 Å². The molecule has 0 aliphatic rings. The van der Waals surface area contributed by atoms with Gasteiger partial charge in [0.1, 0.15) is 0 Å². The number of hydrogen-bond acceptors (Lipinski definition) is 2. The molecule has 1 aromatic heterocycles. The molecule has 0 aliphatic carbocycles. The molecule has 0 radical (unpaired) electrons. The predicted octanol–water partition coefficient (Wildman–Crippen LogP) is 2.03. The van der Waals surface area contributed by atoms with Crippen molar-refractivity contribution in [2.45, 2.75) is 13.0 Å². The van der Waals surface area contributed by atoms with Gasteiger partial charge in [0.15, 0.2) is 0 Å². The summed E-state index contributed by atoms with van der Waals surface area (Å²) in [5.41, 5.74) is 1.38. The zero-order valence-electron chi connectivity index (χ0n) is 5.72. The molecule has 0 saturated heterocycles. The van der Waals surface area contributed by atoms with E-state index in [2.05, 4.69) is 29.1 Å². The van der Waals surface area contributed by atoms with Crippen molar-refractivity contribution in [1.29, 1.82) is 0 Å². The lowest BCUT2D eigenvalue weighted by atomic mass is 10.2. The Morgan fingerprint density at radius 3 is 2.89 bits per heavy atom. The molecule has 1 nitrogen and oxygen atoms in total. The maximum atomic E-state index is 3.17. The third-order valence-corrected chi connectivity index (χ3v) is 2.18. The SMILES string of the molecule is CN[C@@H](C)c1ccsc1. The first kappa shape index (κ1) is 6.78. The molecule has 0 aromatic carbocycles. The third-order valence-electron chi connectivity index (χ3n) is 1.48. The molecule has 50 valence electrons. The summed E-state index contributed by atoms with van der Waals surface area (Å²) in [6, 6.07) is 2.64. The van der Waals surface area contributed by atoms with Crippen LogP contribution in [0.2, 0.25) is 0 Å². The fourth-order valence-corrected chi connectivity index (χ4v) is 1.44. The van der Waals surface area contributed by atoms with Crippen LogP contribution in [-0.2, 0) is 0 Å². The Morgan fingerprint density at radius 1 is 1.67 bits per heavy atom. The molecule has 0 saturated carbocycles. The molecule has 9 heavy (non-hydrogen) atoms. The van der Waals surface area contributed by atoms with Gasteiger partial charge in [0.25, 0.3) is 0 Å². The van der Waals surface area contributed by atoms with E-state index in [1.807, 2.05) is 7.05 Å². The number of thiophene rings is 1. The van der Waals surface area contributed by atoms with Crippen molar-refractivity contribution in [1.82, 2.24) is 5.32 Å². The Hall–Kier alpha value is -0.340. The molecule has 1 aromatic rings. The van der Waals surface area contributed by atoms with Gasteiger partial charge in [-0.3, -0.25) is 0 Å². The molecule has 1 atom stereocenters. The Morgan fingerprint density at radius 2 is 2.44 bits per heavy atom. The molecule has 1 N–H and O–H groups in total. The van der Waals surface area contributed by atoms with Gasteiger partial charge >= 0.3 is 0 Å². The lowest BCUT2D eigenvalue weighted by molar-refractivity contribution is 0.655. The minimum Gasteiger partial charge on any atom is -0.313 e. The van der Waals surface area contributed by atoms with Gasteiger partial charge in [-0.25, -0.2) is 0 Å². The van der Waals surface area contributed by atoms with Crippen LogP contribution in [0.3, 0.4) is 0 Å². The Labute approximate surface area is 59.7 Å². The average Bonchev–Trinajstić information content (AvgIpc) is 2.37. The van der Waals surface area contributed by atoms with Gasteiger partial charge in [0.2, 0.25) is 0 Å². The van der Waals surface area contributed by atoms with Crippen molar-refractivity contribution in [3.05, 3.63) is 22.4 Å². The minimum atomic E-state index is 0.497. The molecular formula is C7H11NS. The van der Waals surface area contributed by atoms with Crippen LogP contribution in [0.15, 0.2) is 16.8 Å². The van der Waals surface area contributed by atoms with E-state index in [1.165, 1.54) is 5.56 Å². The standard InChI is InChI=1S/C7H11NS/c1-6(8-2)7-3-4-9-5-7/h3-6,8H,1-2H3/t6-/m0/s1. The summed E-state index contributed by atoms with van der Waals surface area (Å²) in [5.74, 6) is 0. The quantitative estimate of drug-likeness (QED) is 0.664.